The maximum Gasteiger partial charge on any atom is 0.308 e. The van der Waals surface area contributed by atoms with Crippen molar-refractivity contribution in [3.63, 3.8) is 0 Å². The third-order valence-corrected chi connectivity index (χ3v) is 6.86. The normalized spacial score (nSPS) is 17.1. The largest absolute Gasteiger partial charge is 0.507 e. The van der Waals surface area contributed by atoms with Gasteiger partial charge in [0.25, 0.3) is 11.7 Å². The Labute approximate surface area is 223 Å². The van der Waals surface area contributed by atoms with Crippen LogP contribution < -0.4 is 9.64 Å². The number of rotatable bonds is 5. The molecule has 196 valence electrons. The number of ether oxygens (including phenoxy) is 1. The number of esters is 1. The van der Waals surface area contributed by atoms with Crippen molar-refractivity contribution in [1.82, 2.24) is 0 Å². The molecule has 1 amide bonds. The number of Topliss-reactive ketones (excluding diaryl/α,β-unsaturated/α-hetero) is 1. The summed E-state index contributed by atoms with van der Waals surface area (Å²) in [6.07, 6.45) is 0.830. The molecule has 1 aliphatic heterocycles. The lowest BCUT2D eigenvalue weighted by molar-refractivity contribution is -0.132. The molecule has 0 aliphatic carbocycles. The minimum Gasteiger partial charge on any atom is -0.507 e. The minimum absolute atomic E-state index is 0.0105. The molecule has 1 fully saturated rings. The van der Waals surface area contributed by atoms with Gasteiger partial charge >= 0.3 is 5.97 Å². The molecule has 1 atom stereocenters. The summed E-state index contributed by atoms with van der Waals surface area (Å²) in [6, 6.07) is 19.0. The number of aryl methyl sites for hydroxylation is 2. The van der Waals surface area contributed by atoms with Crippen molar-refractivity contribution in [3.05, 3.63) is 100 Å². The molecule has 1 heterocycles. The molecule has 3 aromatic rings. The molecule has 0 bridgehead atoms. The van der Waals surface area contributed by atoms with Gasteiger partial charge in [-0.25, -0.2) is 0 Å². The van der Waals surface area contributed by atoms with Gasteiger partial charge in [-0.1, -0.05) is 64.1 Å². The van der Waals surface area contributed by atoms with E-state index in [1.54, 1.807) is 36.4 Å². The highest BCUT2D eigenvalue weighted by atomic mass is 16.5. The van der Waals surface area contributed by atoms with Crippen LogP contribution in [-0.2, 0) is 26.2 Å². The summed E-state index contributed by atoms with van der Waals surface area (Å²) >= 11 is 0. The number of anilines is 1. The first-order chi connectivity index (χ1) is 17.9. The van der Waals surface area contributed by atoms with E-state index in [1.165, 1.54) is 11.8 Å². The third-order valence-electron chi connectivity index (χ3n) is 6.86. The molecule has 38 heavy (non-hydrogen) atoms. The Morgan fingerprint density at radius 2 is 1.68 bits per heavy atom. The van der Waals surface area contributed by atoms with Gasteiger partial charge in [0, 0.05) is 18.2 Å². The molecule has 1 aliphatic rings. The Bertz CT molecular complexity index is 1440. The highest BCUT2D eigenvalue weighted by Gasteiger charge is 2.47. The molecule has 6 nitrogen and oxygen atoms in total. The summed E-state index contributed by atoms with van der Waals surface area (Å²) in [4.78, 5) is 40.1. The third kappa shape index (κ3) is 5.12. The van der Waals surface area contributed by atoms with Crippen LogP contribution in [0.3, 0.4) is 0 Å². The molecule has 6 heteroatoms. The molecule has 1 N–H and O–H groups in total. The summed E-state index contributed by atoms with van der Waals surface area (Å²) < 4.78 is 5.29. The van der Waals surface area contributed by atoms with Gasteiger partial charge in [-0.15, -0.1) is 0 Å². The summed E-state index contributed by atoms with van der Waals surface area (Å²) in [5.41, 5.74) is 4.23. The Morgan fingerprint density at radius 3 is 2.29 bits per heavy atom. The number of benzene rings is 3. The number of carbonyl (C=O) groups is 3. The van der Waals surface area contributed by atoms with Gasteiger partial charge in [0.2, 0.25) is 0 Å². The number of amides is 1. The number of carbonyl (C=O) groups excluding carboxylic acids is 3. The van der Waals surface area contributed by atoms with Gasteiger partial charge in [0.05, 0.1) is 11.6 Å². The van der Waals surface area contributed by atoms with Crippen LogP contribution in [0.15, 0.2) is 72.3 Å². The number of nitrogens with zero attached hydrogens (tertiary/aromatic N) is 1. The Balaban J connectivity index is 1.97. The van der Waals surface area contributed by atoms with Crippen molar-refractivity contribution in [1.29, 1.82) is 0 Å². The fraction of sp³-hybridized carbons (Fsp3) is 0.281. The van der Waals surface area contributed by atoms with E-state index < -0.39 is 23.7 Å². The number of ketones is 1. The van der Waals surface area contributed by atoms with Crippen molar-refractivity contribution in [2.75, 3.05) is 4.90 Å². The maximum absolute atomic E-state index is 13.6. The van der Waals surface area contributed by atoms with E-state index in [0.29, 0.717) is 16.8 Å². The van der Waals surface area contributed by atoms with Crippen LogP contribution >= 0.6 is 0 Å². The molecule has 3 aromatic carbocycles. The highest BCUT2D eigenvalue weighted by molar-refractivity contribution is 6.51. The second kappa shape index (κ2) is 10.3. The molecule has 1 saturated heterocycles. The Kier molecular flexibility index (Phi) is 7.27. The number of hydrogen-bond donors (Lipinski definition) is 1. The molecular weight excluding hydrogens is 478 g/mol. The van der Waals surface area contributed by atoms with Crippen molar-refractivity contribution < 1.29 is 24.2 Å². The highest BCUT2D eigenvalue weighted by Crippen LogP contribution is 2.43. The Morgan fingerprint density at radius 1 is 1.00 bits per heavy atom. The van der Waals surface area contributed by atoms with Crippen molar-refractivity contribution in [3.8, 4) is 5.75 Å². The smallest absolute Gasteiger partial charge is 0.308 e. The minimum atomic E-state index is -0.921. The topological polar surface area (TPSA) is 83.9 Å². The second-order valence-electron chi connectivity index (χ2n) is 10.6. The van der Waals surface area contributed by atoms with Gasteiger partial charge in [-0.2, -0.15) is 0 Å². The standard InChI is InChI=1S/C32H33NO5/c1-7-21-12-15-24(16-13-21)33-28(22-9-8-10-25(17-22)38-20(3)34)27(30(36)31(33)37)29(35)26-18-23(32(4,5)6)14-11-19(26)2/h8-18,28,35H,7H2,1-6H3/b29-27+. The maximum atomic E-state index is 13.6. The Hall–Kier alpha value is -4.19. The molecular formula is C32H33NO5. The van der Waals surface area contributed by atoms with E-state index in [1.807, 2.05) is 44.2 Å². The van der Waals surface area contributed by atoms with Gasteiger partial charge in [0.15, 0.2) is 0 Å². The number of aliphatic hydroxyl groups excluding tert-OH is 1. The van der Waals surface area contributed by atoms with E-state index in [9.17, 15) is 19.5 Å². The lowest BCUT2D eigenvalue weighted by Gasteiger charge is -2.26. The van der Waals surface area contributed by atoms with Crippen molar-refractivity contribution in [2.24, 2.45) is 0 Å². The van der Waals surface area contributed by atoms with Gasteiger partial charge in [-0.3, -0.25) is 19.3 Å². The summed E-state index contributed by atoms with van der Waals surface area (Å²) in [6.45, 7) is 11.4. The lowest BCUT2D eigenvalue weighted by atomic mass is 9.84. The fourth-order valence-corrected chi connectivity index (χ4v) is 4.71. The lowest BCUT2D eigenvalue weighted by Crippen LogP contribution is -2.29. The van der Waals surface area contributed by atoms with Crippen molar-refractivity contribution >= 4 is 29.1 Å². The molecule has 0 spiro atoms. The monoisotopic (exact) mass is 511 g/mol. The van der Waals surface area contributed by atoms with E-state index in [4.69, 9.17) is 4.74 Å². The number of hydrogen-bond acceptors (Lipinski definition) is 5. The number of aliphatic hydroxyl groups is 1. The SMILES string of the molecule is CCc1ccc(N2C(=O)C(=O)/C(=C(/O)c3cc(C(C)(C)C)ccc3C)C2c2cccc(OC(C)=O)c2)cc1. The zero-order valence-corrected chi connectivity index (χ0v) is 22.7. The molecule has 1 unspecified atom stereocenters. The quantitative estimate of drug-likeness (QED) is 0.141. The van der Waals surface area contributed by atoms with E-state index in [-0.39, 0.29) is 22.5 Å². The fourth-order valence-electron chi connectivity index (χ4n) is 4.71. The first-order valence-electron chi connectivity index (χ1n) is 12.7. The average Bonchev–Trinajstić information content (AvgIpc) is 3.13. The predicted molar refractivity (Wildman–Crippen MR) is 148 cm³/mol. The molecule has 0 radical (unpaired) electrons. The molecule has 0 saturated carbocycles. The second-order valence-corrected chi connectivity index (χ2v) is 10.6. The average molecular weight is 512 g/mol. The summed E-state index contributed by atoms with van der Waals surface area (Å²) in [7, 11) is 0. The van der Waals surface area contributed by atoms with Gasteiger partial charge in [0.1, 0.15) is 11.5 Å². The van der Waals surface area contributed by atoms with E-state index in [2.05, 4.69) is 20.8 Å². The van der Waals surface area contributed by atoms with Crippen LogP contribution in [-0.4, -0.2) is 22.8 Å². The van der Waals surface area contributed by atoms with E-state index in [0.717, 1.165) is 23.1 Å². The van der Waals surface area contributed by atoms with E-state index >= 15 is 0 Å². The van der Waals surface area contributed by atoms with Gasteiger partial charge in [-0.05, 0) is 71.3 Å². The van der Waals surface area contributed by atoms with Crippen molar-refractivity contribution in [2.45, 2.75) is 59.4 Å². The first-order valence-corrected chi connectivity index (χ1v) is 12.7. The van der Waals surface area contributed by atoms with Crippen LogP contribution in [0.5, 0.6) is 5.75 Å². The zero-order chi connectivity index (χ0) is 27.8. The first kappa shape index (κ1) is 26.9. The van der Waals surface area contributed by atoms with Crippen LogP contribution in [0, 0.1) is 6.92 Å². The zero-order valence-electron chi connectivity index (χ0n) is 22.7. The summed E-state index contributed by atoms with van der Waals surface area (Å²) in [5.74, 6) is -1.94. The van der Waals surface area contributed by atoms with Crippen LogP contribution in [0.25, 0.3) is 5.76 Å². The van der Waals surface area contributed by atoms with Crippen LogP contribution in [0.2, 0.25) is 0 Å². The predicted octanol–water partition coefficient (Wildman–Crippen LogP) is 6.41. The van der Waals surface area contributed by atoms with Crippen LogP contribution in [0.1, 0.15) is 68.5 Å². The van der Waals surface area contributed by atoms with Crippen LogP contribution in [0.4, 0.5) is 5.69 Å². The van der Waals surface area contributed by atoms with Gasteiger partial charge < -0.3 is 9.84 Å². The molecule has 0 aromatic heterocycles. The summed E-state index contributed by atoms with van der Waals surface area (Å²) in [5, 5.41) is 11.7. The molecule has 4 rings (SSSR count).